The molecule has 1 saturated heterocycles. The molecule has 1 aliphatic heterocycles. The van der Waals surface area contributed by atoms with Gasteiger partial charge in [0, 0.05) is 6.04 Å². The number of carboxylic acid groups (broad SMARTS) is 1. The van der Waals surface area contributed by atoms with Crippen molar-refractivity contribution in [2.75, 3.05) is 13.1 Å². The van der Waals surface area contributed by atoms with Crippen LogP contribution in [0, 0.1) is 5.41 Å². The molecule has 0 spiro atoms. The van der Waals surface area contributed by atoms with Crippen LogP contribution in [0.3, 0.4) is 0 Å². The lowest BCUT2D eigenvalue weighted by Gasteiger charge is -2.40. The summed E-state index contributed by atoms with van der Waals surface area (Å²) < 4.78 is 0. The van der Waals surface area contributed by atoms with Crippen LogP contribution in [0.4, 0.5) is 0 Å². The summed E-state index contributed by atoms with van der Waals surface area (Å²) in [5.41, 5.74) is -0.548. The molecule has 0 unspecified atom stereocenters. The normalized spacial score (nSPS) is 21.5. The maximum absolute atomic E-state index is 11.3. The van der Waals surface area contributed by atoms with Crippen molar-refractivity contribution >= 4 is 5.97 Å². The molecule has 1 aliphatic rings. The minimum atomic E-state index is -0.661. The van der Waals surface area contributed by atoms with E-state index in [9.17, 15) is 9.90 Å². The fourth-order valence-electron chi connectivity index (χ4n) is 2.25. The number of rotatable bonds is 4. The Bertz CT molecular complexity index is 240. The maximum Gasteiger partial charge on any atom is 0.310 e. The van der Waals surface area contributed by atoms with Crippen LogP contribution >= 0.6 is 0 Å². The molecule has 0 bridgehead atoms. The van der Waals surface area contributed by atoms with Gasteiger partial charge in [-0.1, -0.05) is 6.08 Å². The number of likely N-dealkylation sites (tertiary alicyclic amines) is 1. The van der Waals surface area contributed by atoms with Crippen LogP contribution in [0.2, 0.25) is 0 Å². The van der Waals surface area contributed by atoms with Crippen molar-refractivity contribution in [2.45, 2.75) is 39.2 Å². The quantitative estimate of drug-likeness (QED) is 0.724. The van der Waals surface area contributed by atoms with Crippen LogP contribution < -0.4 is 0 Å². The molecule has 0 saturated carbocycles. The summed E-state index contributed by atoms with van der Waals surface area (Å²) in [6.07, 6.45) is 3.81. The third-order valence-electron chi connectivity index (χ3n) is 3.47. The second-order valence-corrected chi connectivity index (χ2v) is 4.71. The van der Waals surface area contributed by atoms with Crippen molar-refractivity contribution in [1.29, 1.82) is 0 Å². The van der Waals surface area contributed by atoms with Gasteiger partial charge in [-0.05, 0) is 46.2 Å². The van der Waals surface area contributed by atoms with E-state index < -0.39 is 11.4 Å². The Hall–Kier alpha value is -0.830. The Morgan fingerprint density at radius 3 is 2.40 bits per heavy atom. The van der Waals surface area contributed by atoms with Crippen LogP contribution in [0.1, 0.15) is 33.1 Å². The number of allylic oxidation sites excluding steroid dienone is 1. The van der Waals surface area contributed by atoms with Gasteiger partial charge in [-0.2, -0.15) is 0 Å². The molecular weight excluding hydrogens is 190 g/mol. The van der Waals surface area contributed by atoms with Crippen LogP contribution in [0.5, 0.6) is 0 Å². The SMILES string of the molecule is C=CCC1(C(=O)O)CCN(C(C)C)CC1. The molecular formula is C12H21NO2. The molecule has 3 nitrogen and oxygen atoms in total. The first-order valence-electron chi connectivity index (χ1n) is 5.60. The molecule has 1 N–H and O–H groups in total. The molecule has 1 rings (SSSR count). The van der Waals surface area contributed by atoms with E-state index in [1.54, 1.807) is 6.08 Å². The van der Waals surface area contributed by atoms with Crippen molar-refractivity contribution in [1.82, 2.24) is 4.90 Å². The van der Waals surface area contributed by atoms with E-state index >= 15 is 0 Å². The first-order chi connectivity index (χ1) is 7.02. The average molecular weight is 211 g/mol. The highest BCUT2D eigenvalue weighted by Crippen LogP contribution is 2.36. The Kier molecular flexibility index (Phi) is 3.91. The van der Waals surface area contributed by atoms with E-state index in [0.29, 0.717) is 12.5 Å². The third-order valence-corrected chi connectivity index (χ3v) is 3.47. The molecule has 3 heteroatoms. The standard InChI is InChI=1S/C12H21NO2/c1-4-5-12(11(14)15)6-8-13(9-7-12)10(2)3/h4,10H,1,5-9H2,2-3H3,(H,14,15). The van der Waals surface area contributed by atoms with E-state index in [1.165, 1.54) is 0 Å². The second-order valence-electron chi connectivity index (χ2n) is 4.71. The molecule has 0 aromatic heterocycles. The molecule has 0 atom stereocenters. The molecule has 0 aliphatic carbocycles. The summed E-state index contributed by atoms with van der Waals surface area (Å²) in [5, 5.41) is 9.28. The van der Waals surface area contributed by atoms with E-state index in [1.807, 2.05) is 0 Å². The predicted octanol–water partition coefficient (Wildman–Crippen LogP) is 2.14. The topological polar surface area (TPSA) is 40.5 Å². The first-order valence-corrected chi connectivity index (χ1v) is 5.60. The Balaban J connectivity index is 2.65. The van der Waals surface area contributed by atoms with Crippen LogP contribution in [0.25, 0.3) is 0 Å². The molecule has 0 aromatic carbocycles. The second kappa shape index (κ2) is 4.79. The Labute approximate surface area is 91.8 Å². The third kappa shape index (κ3) is 2.59. The molecule has 1 fully saturated rings. The van der Waals surface area contributed by atoms with Gasteiger partial charge >= 0.3 is 5.97 Å². The molecule has 1 heterocycles. The fourth-order valence-corrected chi connectivity index (χ4v) is 2.25. The number of aliphatic carboxylic acids is 1. The molecule has 86 valence electrons. The zero-order valence-electron chi connectivity index (χ0n) is 9.70. The van der Waals surface area contributed by atoms with Crippen LogP contribution in [0.15, 0.2) is 12.7 Å². The van der Waals surface area contributed by atoms with E-state index in [-0.39, 0.29) is 0 Å². The van der Waals surface area contributed by atoms with Crippen molar-refractivity contribution < 1.29 is 9.90 Å². The summed E-state index contributed by atoms with van der Waals surface area (Å²) in [6.45, 7) is 9.74. The number of carbonyl (C=O) groups is 1. The summed E-state index contributed by atoms with van der Waals surface area (Å²) in [5.74, 6) is -0.661. The molecule has 0 amide bonds. The highest BCUT2D eigenvalue weighted by Gasteiger charge is 2.40. The van der Waals surface area contributed by atoms with E-state index in [2.05, 4.69) is 25.3 Å². The lowest BCUT2D eigenvalue weighted by molar-refractivity contribution is -0.152. The summed E-state index contributed by atoms with van der Waals surface area (Å²) in [4.78, 5) is 13.6. The summed E-state index contributed by atoms with van der Waals surface area (Å²) in [7, 11) is 0. The number of nitrogens with zero attached hydrogens (tertiary/aromatic N) is 1. The van der Waals surface area contributed by atoms with Gasteiger partial charge in [-0.3, -0.25) is 4.79 Å². The van der Waals surface area contributed by atoms with Gasteiger partial charge in [-0.25, -0.2) is 0 Å². The molecule has 0 aromatic rings. The smallest absolute Gasteiger partial charge is 0.310 e. The fraction of sp³-hybridized carbons (Fsp3) is 0.750. The van der Waals surface area contributed by atoms with Crippen LogP contribution in [-0.2, 0) is 4.79 Å². The lowest BCUT2D eigenvalue weighted by Crippen LogP contribution is -2.46. The van der Waals surface area contributed by atoms with E-state index in [4.69, 9.17) is 0 Å². The van der Waals surface area contributed by atoms with E-state index in [0.717, 1.165) is 25.9 Å². The van der Waals surface area contributed by atoms with Crippen molar-refractivity contribution in [3.8, 4) is 0 Å². The minimum absolute atomic E-state index is 0.514. The highest BCUT2D eigenvalue weighted by atomic mass is 16.4. The van der Waals surface area contributed by atoms with Gasteiger partial charge in [0.15, 0.2) is 0 Å². The van der Waals surface area contributed by atoms with Gasteiger partial charge < -0.3 is 10.0 Å². The van der Waals surface area contributed by atoms with Gasteiger partial charge in [0.05, 0.1) is 5.41 Å². The highest BCUT2D eigenvalue weighted by molar-refractivity contribution is 5.75. The number of hydrogen-bond donors (Lipinski definition) is 1. The van der Waals surface area contributed by atoms with Gasteiger partial charge in [0.25, 0.3) is 0 Å². The summed E-state index contributed by atoms with van der Waals surface area (Å²) >= 11 is 0. The Morgan fingerprint density at radius 2 is 2.07 bits per heavy atom. The first kappa shape index (κ1) is 12.2. The average Bonchev–Trinajstić information content (AvgIpc) is 2.18. The zero-order chi connectivity index (χ0) is 11.5. The van der Waals surface area contributed by atoms with Crippen molar-refractivity contribution in [3.63, 3.8) is 0 Å². The monoisotopic (exact) mass is 211 g/mol. The van der Waals surface area contributed by atoms with Crippen LogP contribution in [-0.4, -0.2) is 35.1 Å². The minimum Gasteiger partial charge on any atom is -0.481 e. The zero-order valence-corrected chi connectivity index (χ0v) is 9.70. The molecule has 15 heavy (non-hydrogen) atoms. The van der Waals surface area contributed by atoms with Crippen molar-refractivity contribution in [2.24, 2.45) is 5.41 Å². The van der Waals surface area contributed by atoms with Gasteiger partial charge in [0.2, 0.25) is 0 Å². The van der Waals surface area contributed by atoms with Gasteiger partial charge in [-0.15, -0.1) is 6.58 Å². The predicted molar refractivity (Wildman–Crippen MR) is 60.8 cm³/mol. The summed E-state index contributed by atoms with van der Waals surface area (Å²) in [6, 6.07) is 0.514. The molecule has 0 radical (unpaired) electrons. The number of hydrogen-bond acceptors (Lipinski definition) is 2. The van der Waals surface area contributed by atoms with Crippen molar-refractivity contribution in [3.05, 3.63) is 12.7 Å². The Morgan fingerprint density at radius 1 is 1.53 bits per heavy atom. The lowest BCUT2D eigenvalue weighted by atomic mass is 9.75. The number of carboxylic acids is 1. The largest absolute Gasteiger partial charge is 0.481 e. The van der Waals surface area contributed by atoms with Gasteiger partial charge in [0.1, 0.15) is 0 Å². The number of piperidine rings is 1. The maximum atomic E-state index is 11.3.